The van der Waals surface area contributed by atoms with Gasteiger partial charge >= 0.3 is 0 Å². The zero-order chi connectivity index (χ0) is 16.2. The first kappa shape index (κ1) is 16.6. The fourth-order valence-electron chi connectivity index (χ4n) is 2.42. The number of benzene rings is 1. The summed E-state index contributed by atoms with van der Waals surface area (Å²) < 4.78 is 11.5. The summed E-state index contributed by atoms with van der Waals surface area (Å²) in [5.74, 6) is 0.0468. The van der Waals surface area contributed by atoms with Gasteiger partial charge in [-0.05, 0) is 24.3 Å². The first-order valence-electron chi connectivity index (χ1n) is 6.96. The number of primary amides is 1. The molecule has 120 valence electrons. The molecule has 1 saturated heterocycles. The summed E-state index contributed by atoms with van der Waals surface area (Å²) >= 11 is 5.83. The van der Waals surface area contributed by atoms with Crippen LogP contribution in [0.5, 0.6) is 5.75 Å². The van der Waals surface area contributed by atoms with Gasteiger partial charge in [0.1, 0.15) is 18.0 Å². The van der Waals surface area contributed by atoms with E-state index in [0.29, 0.717) is 23.9 Å². The summed E-state index contributed by atoms with van der Waals surface area (Å²) in [6.45, 7) is 2.73. The zero-order valence-corrected chi connectivity index (χ0v) is 13.1. The van der Waals surface area contributed by atoms with Gasteiger partial charge in [-0.25, -0.2) is 0 Å². The molecule has 1 heterocycles. The third kappa shape index (κ3) is 4.35. The minimum absolute atomic E-state index is 0.00955. The van der Waals surface area contributed by atoms with E-state index < -0.39 is 11.5 Å². The zero-order valence-electron chi connectivity index (χ0n) is 12.4. The molecule has 0 saturated carbocycles. The predicted octanol–water partition coefficient (Wildman–Crippen LogP) is 1.21. The highest BCUT2D eigenvalue weighted by Crippen LogP contribution is 2.25. The molecular weight excluding hydrogens is 308 g/mol. The van der Waals surface area contributed by atoms with Crippen molar-refractivity contribution in [2.24, 2.45) is 5.73 Å². The molecule has 0 aliphatic carbocycles. The lowest BCUT2D eigenvalue weighted by molar-refractivity contribution is -0.160. The van der Waals surface area contributed by atoms with Crippen molar-refractivity contribution in [3.63, 3.8) is 0 Å². The van der Waals surface area contributed by atoms with Crippen LogP contribution >= 0.6 is 11.6 Å². The molecule has 0 spiro atoms. The number of nitrogens with two attached hydrogens (primary N) is 1. The van der Waals surface area contributed by atoms with Crippen molar-refractivity contribution in [2.75, 3.05) is 26.3 Å². The van der Waals surface area contributed by atoms with Crippen LogP contribution < -0.4 is 10.5 Å². The van der Waals surface area contributed by atoms with Crippen LogP contribution in [-0.2, 0) is 14.3 Å². The van der Waals surface area contributed by atoms with E-state index >= 15 is 0 Å². The van der Waals surface area contributed by atoms with Crippen LogP contribution in [0.3, 0.4) is 0 Å². The van der Waals surface area contributed by atoms with Crippen LogP contribution in [0.25, 0.3) is 0 Å². The first-order chi connectivity index (χ1) is 10.4. The Morgan fingerprint density at radius 1 is 1.41 bits per heavy atom. The van der Waals surface area contributed by atoms with E-state index in [-0.39, 0.29) is 25.5 Å². The Morgan fingerprint density at radius 2 is 2.09 bits per heavy atom. The number of rotatable bonds is 5. The van der Waals surface area contributed by atoms with E-state index in [2.05, 4.69) is 0 Å². The van der Waals surface area contributed by atoms with Crippen molar-refractivity contribution >= 4 is 23.4 Å². The molecule has 2 rings (SSSR count). The average Bonchev–Trinajstić information content (AvgIpc) is 2.46. The normalized spacial score (nSPS) is 21.5. The number of nitrogens with zero attached hydrogens (tertiary/aromatic N) is 1. The number of carbonyl (C=O) groups is 2. The van der Waals surface area contributed by atoms with Gasteiger partial charge in [-0.15, -0.1) is 0 Å². The van der Waals surface area contributed by atoms with Crippen molar-refractivity contribution in [1.29, 1.82) is 0 Å². The van der Waals surface area contributed by atoms with Crippen LogP contribution in [0.1, 0.15) is 13.3 Å². The van der Waals surface area contributed by atoms with Gasteiger partial charge in [0.25, 0.3) is 0 Å². The lowest BCUT2D eigenvalue weighted by Gasteiger charge is -2.41. The summed E-state index contributed by atoms with van der Waals surface area (Å²) in [4.78, 5) is 24.6. The van der Waals surface area contributed by atoms with Crippen molar-refractivity contribution in [1.82, 2.24) is 4.90 Å². The molecule has 7 heteroatoms. The van der Waals surface area contributed by atoms with E-state index in [4.69, 9.17) is 26.8 Å². The lowest BCUT2D eigenvalue weighted by Crippen LogP contribution is -2.57. The van der Waals surface area contributed by atoms with E-state index in [0.717, 1.165) is 0 Å². The van der Waals surface area contributed by atoms with Crippen LogP contribution in [0.2, 0.25) is 5.02 Å². The van der Waals surface area contributed by atoms with Gasteiger partial charge in [0.15, 0.2) is 0 Å². The maximum Gasteiger partial charge on any atom is 0.220 e. The quantitative estimate of drug-likeness (QED) is 0.881. The third-order valence-electron chi connectivity index (χ3n) is 3.51. The van der Waals surface area contributed by atoms with Crippen molar-refractivity contribution in [3.05, 3.63) is 29.3 Å². The molecule has 1 fully saturated rings. The summed E-state index contributed by atoms with van der Waals surface area (Å²) in [5.41, 5.74) is 4.40. The molecule has 1 aromatic rings. The highest BCUT2D eigenvalue weighted by atomic mass is 35.5. The minimum Gasteiger partial charge on any atom is -0.490 e. The molecule has 1 aliphatic rings. The topological polar surface area (TPSA) is 81.9 Å². The Morgan fingerprint density at radius 3 is 2.68 bits per heavy atom. The Hall–Kier alpha value is -1.79. The Bertz CT molecular complexity index is 549. The summed E-state index contributed by atoms with van der Waals surface area (Å²) in [6.07, 6.45) is -0.00955. The Labute approximate surface area is 134 Å². The number of hydrogen-bond donors (Lipinski definition) is 1. The van der Waals surface area contributed by atoms with Crippen LogP contribution in [0.4, 0.5) is 0 Å². The van der Waals surface area contributed by atoms with Gasteiger partial charge in [-0.2, -0.15) is 0 Å². The summed E-state index contributed by atoms with van der Waals surface area (Å²) in [7, 11) is 0. The van der Waals surface area contributed by atoms with Gasteiger partial charge < -0.3 is 20.1 Å². The van der Waals surface area contributed by atoms with E-state index in [1.807, 2.05) is 0 Å². The number of carbonyl (C=O) groups excluding carboxylic acids is 2. The third-order valence-corrected chi connectivity index (χ3v) is 3.76. The molecule has 0 radical (unpaired) electrons. The second kappa shape index (κ2) is 6.98. The molecule has 0 bridgehead atoms. The molecule has 6 nitrogen and oxygen atoms in total. The average molecular weight is 327 g/mol. The molecule has 2 amide bonds. The van der Waals surface area contributed by atoms with Gasteiger partial charge in [0, 0.05) is 18.5 Å². The largest absolute Gasteiger partial charge is 0.490 e. The summed E-state index contributed by atoms with van der Waals surface area (Å²) in [6, 6.07) is 6.88. The monoisotopic (exact) mass is 326 g/mol. The predicted molar refractivity (Wildman–Crippen MR) is 81.7 cm³/mol. The molecule has 22 heavy (non-hydrogen) atoms. The van der Waals surface area contributed by atoms with Crippen molar-refractivity contribution < 1.29 is 19.1 Å². The fourth-order valence-corrected chi connectivity index (χ4v) is 2.55. The number of morpholine rings is 1. The van der Waals surface area contributed by atoms with Gasteiger partial charge in [0.05, 0.1) is 19.6 Å². The highest BCUT2D eigenvalue weighted by Gasteiger charge is 2.40. The van der Waals surface area contributed by atoms with E-state index in [1.165, 1.54) is 6.92 Å². The van der Waals surface area contributed by atoms with Crippen molar-refractivity contribution in [3.8, 4) is 5.75 Å². The second-order valence-electron chi connectivity index (χ2n) is 5.36. The highest BCUT2D eigenvalue weighted by molar-refractivity contribution is 6.30. The number of halogens is 1. The Kier molecular flexibility index (Phi) is 5.26. The number of hydrogen-bond acceptors (Lipinski definition) is 4. The van der Waals surface area contributed by atoms with Gasteiger partial charge in [0.2, 0.25) is 11.8 Å². The molecule has 0 unspecified atom stereocenters. The van der Waals surface area contributed by atoms with Gasteiger partial charge in [-0.1, -0.05) is 11.6 Å². The van der Waals surface area contributed by atoms with Crippen molar-refractivity contribution in [2.45, 2.75) is 18.9 Å². The molecule has 1 atom stereocenters. The maximum atomic E-state index is 11.6. The SMILES string of the molecule is CC(=O)N1CCO[C@](COc2ccc(Cl)cc2)(CC(N)=O)C1. The number of ether oxygens (including phenoxy) is 2. The summed E-state index contributed by atoms with van der Waals surface area (Å²) in [5, 5.41) is 0.607. The fraction of sp³-hybridized carbons (Fsp3) is 0.467. The smallest absolute Gasteiger partial charge is 0.220 e. The molecule has 1 aliphatic heterocycles. The maximum absolute atomic E-state index is 11.6. The molecular formula is C15H19ClN2O4. The number of amides is 2. The molecule has 0 aromatic heterocycles. The van der Waals surface area contributed by atoms with E-state index in [1.54, 1.807) is 29.2 Å². The van der Waals surface area contributed by atoms with Gasteiger partial charge in [-0.3, -0.25) is 9.59 Å². The van der Waals surface area contributed by atoms with Crippen LogP contribution in [0, 0.1) is 0 Å². The molecule has 1 aromatic carbocycles. The molecule has 2 N–H and O–H groups in total. The standard InChI is InChI=1S/C15H19ClN2O4/c1-11(19)18-6-7-22-15(9-18,8-14(17)20)10-21-13-4-2-12(16)3-5-13/h2-5H,6-10H2,1H3,(H2,17,20)/t15-/m1/s1. The lowest BCUT2D eigenvalue weighted by atomic mass is 9.97. The van der Waals surface area contributed by atoms with E-state index in [9.17, 15) is 9.59 Å². The van der Waals surface area contributed by atoms with Crippen LogP contribution in [0.15, 0.2) is 24.3 Å². The Balaban J connectivity index is 2.09. The first-order valence-corrected chi connectivity index (χ1v) is 7.34. The minimum atomic E-state index is -0.921. The van der Waals surface area contributed by atoms with Crippen LogP contribution in [-0.4, -0.2) is 48.6 Å². The second-order valence-corrected chi connectivity index (χ2v) is 5.79.